The number of nitrogens with one attached hydrogen (secondary N) is 1. The summed E-state index contributed by atoms with van der Waals surface area (Å²) in [6.07, 6.45) is 1.18. The molecule has 0 saturated carbocycles. The Kier molecular flexibility index (Phi) is 3.67. The van der Waals surface area contributed by atoms with E-state index in [1.807, 2.05) is 30.3 Å². The maximum atomic E-state index is 12.6. The van der Waals surface area contributed by atoms with E-state index in [9.17, 15) is 4.39 Å². The molecule has 2 rings (SSSR count). The molecular formula is C13H14FN3. The zero-order chi connectivity index (χ0) is 12.1. The quantitative estimate of drug-likeness (QED) is 0.849. The number of aromatic nitrogens is 1. The number of benzene rings is 1. The lowest BCUT2D eigenvalue weighted by Gasteiger charge is -2.13. The Hall–Kier alpha value is -1.94. The molecule has 1 atom stereocenters. The summed E-state index contributed by atoms with van der Waals surface area (Å²) in [6, 6.07) is 12.6. The first kappa shape index (κ1) is 11.5. The molecule has 0 fully saturated rings. The molecule has 3 N–H and O–H groups in total. The summed E-state index contributed by atoms with van der Waals surface area (Å²) in [6.45, 7) is 0.558. The predicted octanol–water partition coefficient (Wildman–Crippen LogP) is 2.33. The molecule has 0 aliphatic rings. The molecule has 3 nitrogen and oxygen atoms in total. The Morgan fingerprint density at radius 2 is 1.94 bits per heavy atom. The highest BCUT2D eigenvalue weighted by Crippen LogP contribution is 2.10. The van der Waals surface area contributed by atoms with Crippen LogP contribution in [0.1, 0.15) is 11.6 Å². The number of halogens is 1. The fraction of sp³-hybridized carbons (Fsp3) is 0.154. The highest BCUT2D eigenvalue weighted by Gasteiger charge is 2.04. The van der Waals surface area contributed by atoms with Gasteiger partial charge in [0.1, 0.15) is 11.6 Å². The van der Waals surface area contributed by atoms with E-state index >= 15 is 0 Å². The third kappa shape index (κ3) is 3.26. The number of nitrogens with zero attached hydrogens (tertiary/aromatic N) is 1. The molecule has 0 radical (unpaired) electrons. The molecular weight excluding hydrogens is 217 g/mol. The van der Waals surface area contributed by atoms with Gasteiger partial charge >= 0.3 is 0 Å². The third-order valence-electron chi connectivity index (χ3n) is 2.46. The number of anilines is 1. The average Bonchev–Trinajstić information content (AvgIpc) is 2.39. The number of rotatable bonds is 4. The Labute approximate surface area is 99.5 Å². The van der Waals surface area contributed by atoms with Gasteiger partial charge in [-0.05, 0) is 17.7 Å². The summed E-state index contributed by atoms with van der Waals surface area (Å²) < 4.78 is 12.6. The van der Waals surface area contributed by atoms with Crippen molar-refractivity contribution in [3.05, 3.63) is 60.0 Å². The van der Waals surface area contributed by atoms with Crippen LogP contribution in [0.4, 0.5) is 10.2 Å². The zero-order valence-corrected chi connectivity index (χ0v) is 9.31. The smallest absolute Gasteiger partial charge is 0.141 e. The fourth-order valence-corrected chi connectivity index (χ4v) is 1.51. The van der Waals surface area contributed by atoms with Crippen LogP contribution in [0, 0.1) is 5.82 Å². The number of hydrogen-bond acceptors (Lipinski definition) is 3. The topological polar surface area (TPSA) is 50.9 Å². The van der Waals surface area contributed by atoms with Crippen molar-refractivity contribution in [1.82, 2.24) is 4.98 Å². The molecule has 1 heterocycles. The van der Waals surface area contributed by atoms with E-state index in [4.69, 9.17) is 5.73 Å². The Balaban J connectivity index is 1.92. The van der Waals surface area contributed by atoms with E-state index in [2.05, 4.69) is 10.3 Å². The first-order chi connectivity index (χ1) is 8.25. The van der Waals surface area contributed by atoms with Crippen molar-refractivity contribution in [1.29, 1.82) is 0 Å². The molecule has 1 unspecified atom stereocenters. The maximum absolute atomic E-state index is 12.6. The van der Waals surface area contributed by atoms with E-state index in [1.165, 1.54) is 12.3 Å². The molecule has 0 aliphatic heterocycles. The van der Waals surface area contributed by atoms with Crippen molar-refractivity contribution in [2.24, 2.45) is 5.73 Å². The van der Waals surface area contributed by atoms with Gasteiger partial charge in [0, 0.05) is 12.6 Å². The molecule has 2 aromatic rings. The minimum Gasteiger partial charge on any atom is -0.368 e. The number of hydrogen-bond donors (Lipinski definition) is 2. The average molecular weight is 231 g/mol. The second-order valence-electron chi connectivity index (χ2n) is 3.76. The van der Waals surface area contributed by atoms with Crippen LogP contribution in [0.2, 0.25) is 0 Å². The summed E-state index contributed by atoms with van der Waals surface area (Å²) in [5.74, 6) is 0.278. The van der Waals surface area contributed by atoms with Crippen molar-refractivity contribution < 1.29 is 4.39 Å². The normalized spacial score (nSPS) is 12.1. The first-order valence-electron chi connectivity index (χ1n) is 5.41. The molecule has 0 saturated heterocycles. The van der Waals surface area contributed by atoms with Crippen LogP contribution in [0.3, 0.4) is 0 Å². The Morgan fingerprint density at radius 3 is 2.59 bits per heavy atom. The molecule has 0 amide bonds. The van der Waals surface area contributed by atoms with Crippen LogP contribution < -0.4 is 11.1 Å². The maximum Gasteiger partial charge on any atom is 0.141 e. The molecule has 1 aromatic heterocycles. The predicted molar refractivity (Wildman–Crippen MR) is 66.1 cm³/mol. The van der Waals surface area contributed by atoms with Crippen LogP contribution in [-0.2, 0) is 0 Å². The molecule has 1 aromatic carbocycles. The van der Waals surface area contributed by atoms with E-state index in [0.29, 0.717) is 12.4 Å². The summed E-state index contributed by atoms with van der Waals surface area (Å²) >= 11 is 0. The second-order valence-corrected chi connectivity index (χ2v) is 3.76. The van der Waals surface area contributed by atoms with Crippen LogP contribution in [-0.4, -0.2) is 11.5 Å². The summed E-state index contributed by atoms with van der Waals surface area (Å²) in [5.41, 5.74) is 7.07. The van der Waals surface area contributed by atoms with Crippen LogP contribution in [0.25, 0.3) is 0 Å². The standard InChI is InChI=1S/C13H14FN3/c14-11-6-7-13(16-8-11)17-9-12(15)10-4-2-1-3-5-10/h1-8,12H,9,15H2,(H,16,17). The van der Waals surface area contributed by atoms with E-state index in [1.54, 1.807) is 6.07 Å². The largest absolute Gasteiger partial charge is 0.368 e. The lowest BCUT2D eigenvalue weighted by Crippen LogP contribution is -2.20. The van der Waals surface area contributed by atoms with E-state index < -0.39 is 0 Å². The van der Waals surface area contributed by atoms with Gasteiger partial charge in [-0.1, -0.05) is 30.3 Å². The molecule has 17 heavy (non-hydrogen) atoms. The van der Waals surface area contributed by atoms with Gasteiger partial charge in [-0.25, -0.2) is 9.37 Å². The Morgan fingerprint density at radius 1 is 1.18 bits per heavy atom. The van der Waals surface area contributed by atoms with Crippen molar-refractivity contribution in [2.75, 3.05) is 11.9 Å². The lowest BCUT2D eigenvalue weighted by molar-refractivity contribution is 0.621. The molecule has 0 bridgehead atoms. The minimum atomic E-state index is -0.345. The van der Waals surface area contributed by atoms with Crippen molar-refractivity contribution in [2.45, 2.75) is 6.04 Å². The van der Waals surface area contributed by atoms with E-state index in [-0.39, 0.29) is 11.9 Å². The number of pyridine rings is 1. The molecule has 4 heteroatoms. The van der Waals surface area contributed by atoms with Gasteiger partial charge < -0.3 is 11.1 Å². The van der Waals surface area contributed by atoms with Crippen LogP contribution in [0.15, 0.2) is 48.7 Å². The second kappa shape index (κ2) is 5.41. The first-order valence-corrected chi connectivity index (χ1v) is 5.41. The highest BCUT2D eigenvalue weighted by molar-refractivity contribution is 5.34. The highest BCUT2D eigenvalue weighted by atomic mass is 19.1. The third-order valence-corrected chi connectivity index (χ3v) is 2.46. The van der Waals surface area contributed by atoms with Gasteiger partial charge in [0.2, 0.25) is 0 Å². The van der Waals surface area contributed by atoms with Crippen LogP contribution in [0.5, 0.6) is 0 Å². The van der Waals surface area contributed by atoms with Gasteiger partial charge in [-0.3, -0.25) is 0 Å². The summed E-state index contributed by atoms with van der Waals surface area (Å²) in [7, 11) is 0. The van der Waals surface area contributed by atoms with Crippen molar-refractivity contribution in [3.8, 4) is 0 Å². The summed E-state index contributed by atoms with van der Waals surface area (Å²) in [4.78, 5) is 3.90. The van der Waals surface area contributed by atoms with Gasteiger partial charge in [0.25, 0.3) is 0 Å². The van der Waals surface area contributed by atoms with Crippen LogP contribution >= 0.6 is 0 Å². The van der Waals surface area contributed by atoms with Gasteiger partial charge in [-0.15, -0.1) is 0 Å². The minimum absolute atomic E-state index is 0.108. The molecule has 88 valence electrons. The Bertz CT molecular complexity index is 456. The van der Waals surface area contributed by atoms with Gasteiger partial charge in [0.05, 0.1) is 6.20 Å². The monoisotopic (exact) mass is 231 g/mol. The lowest BCUT2D eigenvalue weighted by atomic mass is 10.1. The molecule has 0 spiro atoms. The summed E-state index contributed by atoms with van der Waals surface area (Å²) in [5, 5.41) is 3.07. The zero-order valence-electron chi connectivity index (χ0n) is 9.31. The SMILES string of the molecule is NC(CNc1ccc(F)cn1)c1ccccc1. The number of nitrogens with two attached hydrogens (primary N) is 1. The van der Waals surface area contributed by atoms with E-state index in [0.717, 1.165) is 5.56 Å². The fourth-order valence-electron chi connectivity index (χ4n) is 1.51. The molecule has 0 aliphatic carbocycles. The van der Waals surface area contributed by atoms with Crippen molar-refractivity contribution >= 4 is 5.82 Å². The van der Waals surface area contributed by atoms with Crippen molar-refractivity contribution in [3.63, 3.8) is 0 Å². The van der Waals surface area contributed by atoms with Gasteiger partial charge in [0.15, 0.2) is 0 Å². The van der Waals surface area contributed by atoms with Gasteiger partial charge in [-0.2, -0.15) is 0 Å².